The van der Waals surface area contributed by atoms with Crippen molar-refractivity contribution in [2.24, 2.45) is 0 Å². The van der Waals surface area contributed by atoms with Gasteiger partial charge in [-0.2, -0.15) is 0 Å². The number of carbonyl (C=O) groups is 1. The Morgan fingerprint density at radius 1 is 1.29 bits per heavy atom. The highest BCUT2D eigenvalue weighted by atomic mass is 16.5. The van der Waals surface area contributed by atoms with Crippen LogP contribution in [0.5, 0.6) is 0 Å². The molecule has 1 aromatic carbocycles. The van der Waals surface area contributed by atoms with E-state index in [9.17, 15) is 4.79 Å². The minimum Gasteiger partial charge on any atom is -0.466 e. The Kier molecular flexibility index (Phi) is 4.56. The molecular weight excluding hydrogens is 266 g/mol. The summed E-state index contributed by atoms with van der Waals surface area (Å²) >= 11 is 0. The Labute approximate surface area is 123 Å². The second-order valence-corrected chi connectivity index (χ2v) is 4.35. The van der Waals surface area contributed by atoms with E-state index >= 15 is 0 Å². The minimum absolute atomic E-state index is 0.423. The van der Waals surface area contributed by atoms with Crippen LogP contribution in [0, 0.1) is 0 Å². The lowest BCUT2D eigenvalue weighted by Gasteiger charge is -2.12. The van der Waals surface area contributed by atoms with Gasteiger partial charge < -0.3 is 15.8 Å². The summed E-state index contributed by atoms with van der Waals surface area (Å²) in [6, 6.07) is 11.0. The van der Waals surface area contributed by atoms with E-state index in [4.69, 9.17) is 10.5 Å². The van der Waals surface area contributed by atoms with Gasteiger partial charge in [-0.25, -0.2) is 9.78 Å². The molecule has 5 heteroatoms. The third kappa shape index (κ3) is 3.39. The molecule has 0 saturated carbocycles. The molecule has 0 unspecified atom stereocenters. The first-order valence-electron chi connectivity index (χ1n) is 6.44. The van der Waals surface area contributed by atoms with Crippen LogP contribution >= 0.6 is 0 Å². The maximum atomic E-state index is 11.7. The zero-order chi connectivity index (χ0) is 15.2. The summed E-state index contributed by atoms with van der Waals surface area (Å²) in [7, 11) is 3.13. The fraction of sp³-hybridized carbons (Fsp3) is 0.125. The van der Waals surface area contributed by atoms with Crippen LogP contribution in [0.15, 0.2) is 48.7 Å². The molecule has 1 heterocycles. The van der Waals surface area contributed by atoms with Crippen molar-refractivity contribution in [1.29, 1.82) is 0 Å². The van der Waals surface area contributed by atoms with E-state index in [1.54, 1.807) is 25.4 Å². The molecule has 1 aromatic heterocycles. The Balaban J connectivity index is 2.58. The number of ether oxygens (including phenoxy) is 1. The highest BCUT2D eigenvalue weighted by Crippen LogP contribution is 2.28. The standard InChI is InChI=1S/C16H17N3O2/c1-18-16-13(4-3-9-19-16)14(10-15(20)21-2)11-5-7-12(17)8-6-11/h3-10H,17H2,1-2H3,(H,18,19)/b14-10+. The average molecular weight is 283 g/mol. The second kappa shape index (κ2) is 6.56. The number of nitrogens with zero attached hydrogens (tertiary/aromatic N) is 1. The van der Waals surface area contributed by atoms with Gasteiger partial charge in [0.2, 0.25) is 0 Å². The van der Waals surface area contributed by atoms with Gasteiger partial charge in [-0.3, -0.25) is 0 Å². The number of nitrogens with one attached hydrogen (secondary N) is 1. The van der Waals surface area contributed by atoms with Crippen LogP contribution in [0.2, 0.25) is 0 Å². The first-order valence-corrected chi connectivity index (χ1v) is 6.44. The minimum atomic E-state index is -0.423. The Bertz CT molecular complexity index is 663. The van der Waals surface area contributed by atoms with Crippen LogP contribution in [0.1, 0.15) is 11.1 Å². The molecule has 0 saturated heterocycles. The second-order valence-electron chi connectivity index (χ2n) is 4.35. The predicted octanol–water partition coefficient (Wildman–Crippen LogP) is 2.31. The SMILES string of the molecule is CNc1ncccc1/C(=C/C(=O)OC)c1ccc(N)cc1. The molecular formula is C16H17N3O2. The first-order chi connectivity index (χ1) is 10.2. The molecule has 0 radical (unpaired) electrons. The number of hydrogen-bond donors (Lipinski definition) is 2. The summed E-state index contributed by atoms with van der Waals surface area (Å²) in [4.78, 5) is 15.9. The molecule has 2 aromatic rings. The number of methoxy groups -OCH3 is 1. The third-order valence-corrected chi connectivity index (χ3v) is 3.02. The molecule has 5 nitrogen and oxygen atoms in total. The topological polar surface area (TPSA) is 77.2 Å². The molecule has 2 rings (SSSR count). The first kappa shape index (κ1) is 14.6. The van der Waals surface area contributed by atoms with Gasteiger partial charge in [0.1, 0.15) is 5.82 Å². The average Bonchev–Trinajstić information content (AvgIpc) is 2.53. The Hall–Kier alpha value is -2.82. The van der Waals surface area contributed by atoms with Crippen molar-refractivity contribution in [3.63, 3.8) is 0 Å². The molecule has 0 atom stereocenters. The summed E-state index contributed by atoms with van der Waals surface area (Å²) in [6.45, 7) is 0. The lowest BCUT2D eigenvalue weighted by Crippen LogP contribution is -2.02. The van der Waals surface area contributed by atoms with E-state index in [2.05, 4.69) is 10.3 Å². The van der Waals surface area contributed by atoms with E-state index < -0.39 is 5.97 Å². The summed E-state index contributed by atoms with van der Waals surface area (Å²) in [6.07, 6.45) is 3.14. The van der Waals surface area contributed by atoms with Crippen LogP contribution in [-0.4, -0.2) is 25.1 Å². The third-order valence-electron chi connectivity index (χ3n) is 3.02. The van der Waals surface area contributed by atoms with E-state index in [1.165, 1.54) is 13.2 Å². The van der Waals surface area contributed by atoms with Crippen molar-refractivity contribution in [3.05, 3.63) is 59.8 Å². The number of nitrogen functional groups attached to an aromatic ring is 1. The molecule has 21 heavy (non-hydrogen) atoms. The van der Waals surface area contributed by atoms with Crippen molar-refractivity contribution in [1.82, 2.24) is 4.98 Å². The quantitative estimate of drug-likeness (QED) is 0.511. The summed E-state index contributed by atoms with van der Waals surface area (Å²) < 4.78 is 4.74. The van der Waals surface area contributed by atoms with Crippen molar-refractivity contribution >= 4 is 23.0 Å². The van der Waals surface area contributed by atoms with Crippen molar-refractivity contribution in [2.45, 2.75) is 0 Å². The summed E-state index contributed by atoms with van der Waals surface area (Å²) in [5.41, 5.74) is 8.77. The maximum Gasteiger partial charge on any atom is 0.331 e. The van der Waals surface area contributed by atoms with Gasteiger partial charge in [0.05, 0.1) is 7.11 Å². The zero-order valence-corrected chi connectivity index (χ0v) is 12.0. The Morgan fingerprint density at radius 2 is 2.00 bits per heavy atom. The molecule has 0 spiro atoms. The van der Waals surface area contributed by atoms with Gasteiger partial charge >= 0.3 is 5.97 Å². The molecule has 0 amide bonds. The van der Waals surface area contributed by atoms with Gasteiger partial charge in [0, 0.05) is 30.6 Å². The van der Waals surface area contributed by atoms with E-state index in [0.717, 1.165) is 16.7 Å². The fourth-order valence-corrected chi connectivity index (χ4v) is 1.98. The van der Waals surface area contributed by atoms with Crippen LogP contribution in [0.3, 0.4) is 0 Å². The number of rotatable bonds is 4. The summed E-state index contributed by atoms with van der Waals surface area (Å²) in [5.74, 6) is 0.261. The predicted molar refractivity (Wildman–Crippen MR) is 83.7 cm³/mol. The number of nitrogens with two attached hydrogens (primary N) is 1. The smallest absolute Gasteiger partial charge is 0.331 e. The number of esters is 1. The lowest BCUT2D eigenvalue weighted by atomic mass is 9.97. The van der Waals surface area contributed by atoms with Crippen molar-refractivity contribution in [3.8, 4) is 0 Å². The van der Waals surface area contributed by atoms with E-state index in [0.29, 0.717) is 11.5 Å². The number of anilines is 2. The zero-order valence-electron chi connectivity index (χ0n) is 12.0. The Morgan fingerprint density at radius 3 is 2.62 bits per heavy atom. The van der Waals surface area contributed by atoms with Gasteiger partial charge in [-0.15, -0.1) is 0 Å². The van der Waals surface area contributed by atoms with Gasteiger partial charge in [0.25, 0.3) is 0 Å². The van der Waals surface area contributed by atoms with Gasteiger partial charge in [0.15, 0.2) is 0 Å². The van der Waals surface area contributed by atoms with Crippen molar-refractivity contribution in [2.75, 3.05) is 25.2 Å². The van der Waals surface area contributed by atoms with Crippen LogP contribution in [0.25, 0.3) is 5.57 Å². The maximum absolute atomic E-state index is 11.7. The number of hydrogen-bond acceptors (Lipinski definition) is 5. The van der Waals surface area contributed by atoms with Gasteiger partial charge in [-0.05, 0) is 35.4 Å². The molecule has 0 bridgehead atoms. The number of aromatic nitrogens is 1. The van der Waals surface area contributed by atoms with Crippen LogP contribution < -0.4 is 11.1 Å². The summed E-state index contributed by atoms with van der Waals surface area (Å²) in [5, 5.41) is 3.02. The highest BCUT2D eigenvalue weighted by molar-refractivity contribution is 5.98. The van der Waals surface area contributed by atoms with E-state index in [-0.39, 0.29) is 0 Å². The largest absolute Gasteiger partial charge is 0.466 e. The number of carbonyl (C=O) groups excluding carboxylic acids is 1. The molecule has 0 fully saturated rings. The monoisotopic (exact) mass is 283 g/mol. The highest BCUT2D eigenvalue weighted by Gasteiger charge is 2.12. The van der Waals surface area contributed by atoms with Gasteiger partial charge in [-0.1, -0.05) is 12.1 Å². The lowest BCUT2D eigenvalue weighted by molar-refractivity contribution is -0.134. The normalized spacial score (nSPS) is 11.0. The fourth-order valence-electron chi connectivity index (χ4n) is 1.98. The molecule has 3 N–H and O–H groups in total. The van der Waals surface area contributed by atoms with Crippen molar-refractivity contribution < 1.29 is 9.53 Å². The van der Waals surface area contributed by atoms with Crippen LogP contribution in [0.4, 0.5) is 11.5 Å². The van der Waals surface area contributed by atoms with Crippen LogP contribution in [-0.2, 0) is 9.53 Å². The number of benzene rings is 1. The van der Waals surface area contributed by atoms with E-state index in [1.807, 2.05) is 24.3 Å². The molecule has 0 aliphatic carbocycles. The molecule has 108 valence electrons. The molecule has 0 aliphatic heterocycles. The number of pyridine rings is 1. The molecule has 0 aliphatic rings.